The van der Waals surface area contributed by atoms with E-state index in [0.717, 1.165) is 13.1 Å². The van der Waals surface area contributed by atoms with Crippen LogP contribution in [0.2, 0.25) is 0 Å². The number of halogens is 3. The van der Waals surface area contributed by atoms with Gasteiger partial charge in [0.1, 0.15) is 11.8 Å². The molecule has 1 heterocycles. The van der Waals surface area contributed by atoms with Crippen molar-refractivity contribution in [3.05, 3.63) is 0 Å². The van der Waals surface area contributed by atoms with Crippen LogP contribution < -0.4 is 5.73 Å². The summed E-state index contributed by atoms with van der Waals surface area (Å²) in [7, 11) is 1.94. The van der Waals surface area contributed by atoms with E-state index in [1.54, 1.807) is 4.90 Å². The molecule has 2 unspecified atom stereocenters. The van der Waals surface area contributed by atoms with Crippen LogP contribution in [0.15, 0.2) is 0 Å². The highest BCUT2D eigenvalue weighted by molar-refractivity contribution is 5.80. The van der Waals surface area contributed by atoms with E-state index in [4.69, 9.17) is 11.1 Å². The standard InChI is InChI=1S/C10H19F3N4/c1-7-5-16(2)3-4-17(7)6-8(9(14)15)10(11,12)13/h7-8H,3-6H2,1-2H3,(H3,14,15). The van der Waals surface area contributed by atoms with E-state index in [9.17, 15) is 13.2 Å². The lowest BCUT2D eigenvalue weighted by Crippen LogP contribution is -2.54. The van der Waals surface area contributed by atoms with Gasteiger partial charge < -0.3 is 10.6 Å². The van der Waals surface area contributed by atoms with Crippen molar-refractivity contribution in [3.63, 3.8) is 0 Å². The van der Waals surface area contributed by atoms with Gasteiger partial charge in [-0.25, -0.2) is 0 Å². The van der Waals surface area contributed by atoms with Crippen molar-refractivity contribution >= 4 is 5.84 Å². The van der Waals surface area contributed by atoms with Gasteiger partial charge in [-0.15, -0.1) is 0 Å². The molecule has 3 N–H and O–H groups in total. The molecule has 100 valence electrons. The lowest BCUT2D eigenvalue weighted by atomic mass is 10.1. The van der Waals surface area contributed by atoms with Crippen LogP contribution >= 0.6 is 0 Å². The van der Waals surface area contributed by atoms with Crippen LogP contribution in [0.25, 0.3) is 0 Å². The Morgan fingerprint density at radius 1 is 1.47 bits per heavy atom. The van der Waals surface area contributed by atoms with Crippen molar-refractivity contribution in [2.45, 2.75) is 19.1 Å². The fraction of sp³-hybridized carbons (Fsp3) is 0.900. The first kappa shape index (κ1) is 14.2. The Morgan fingerprint density at radius 2 is 2.06 bits per heavy atom. The van der Waals surface area contributed by atoms with Crippen LogP contribution in [0.4, 0.5) is 13.2 Å². The molecule has 0 aromatic rings. The van der Waals surface area contributed by atoms with E-state index in [-0.39, 0.29) is 12.6 Å². The second-order valence-electron chi connectivity index (χ2n) is 4.66. The minimum atomic E-state index is -4.44. The molecular formula is C10H19F3N4. The molecule has 0 aromatic heterocycles. The van der Waals surface area contributed by atoms with Crippen molar-refractivity contribution in [2.75, 3.05) is 33.2 Å². The summed E-state index contributed by atoms with van der Waals surface area (Å²) in [6, 6.07) is 0.0537. The maximum Gasteiger partial charge on any atom is 0.399 e. The molecule has 1 fully saturated rings. The number of amidine groups is 1. The molecule has 0 spiro atoms. The van der Waals surface area contributed by atoms with Crippen LogP contribution in [0.5, 0.6) is 0 Å². The number of nitrogens with zero attached hydrogens (tertiary/aromatic N) is 2. The molecule has 4 nitrogen and oxygen atoms in total. The second-order valence-corrected chi connectivity index (χ2v) is 4.66. The van der Waals surface area contributed by atoms with Gasteiger partial charge in [0.25, 0.3) is 0 Å². The summed E-state index contributed by atoms with van der Waals surface area (Å²) in [4.78, 5) is 3.83. The van der Waals surface area contributed by atoms with Crippen molar-refractivity contribution < 1.29 is 13.2 Å². The fourth-order valence-corrected chi connectivity index (χ4v) is 2.06. The second kappa shape index (κ2) is 5.22. The highest BCUT2D eigenvalue weighted by Gasteiger charge is 2.43. The summed E-state index contributed by atoms with van der Waals surface area (Å²) in [5.41, 5.74) is 5.04. The Bertz CT molecular complexity index is 279. The van der Waals surface area contributed by atoms with Gasteiger partial charge in [-0.2, -0.15) is 13.2 Å². The average molecular weight is 252 g/mol. The highest BCUT2D eigenvalue weighted by Crippen LogP contribution is 2.27. The SMILES string of the molecule is CC1CN(C)CCN1CC(C(=N)N)C(F)(F)F. The molecule has 2 atom stereocenters. The van der Waals surface area contributed by atoms with Crippen LogP contribution in [0.3, 0.4) is 0 Å². The molecule has 1 rings (SSSR count). The van der Waals surface area contributed by atoms with Gasteiger partial charge in [-0.1, -0.05) is 0 Å². The van der Waals surface area contributed by atoms with E-state index in [1.165, 1.54) is 0 Å². The quantitative estimate of drug-likeness (QED) is 0.575. The van der Waals surface area contributed by atoms with Crippen molar-refractivity contribution in [2.24, 2.45) is 11.7 Å². The Hall–Kier alpha value is -0.820. The normalized spacial score (nSPS) is 25.8. The van der Waals surface area contributed by atoms with E-state index < -0.39 is 17.9 Å². The molecule has 0 amide bonds. The van der Waals surface area contributed by atoms with Gasteiger partial charge in [0.2, 0.25) is 0 Å². The first-order valence-electron chi connectivity index (χ1n) is 5.55. The van der Waals surface area contributed by atoms with Crippen LogP contribution in [0.1, 0.15) is 6.92 Å². The molecule has 1 aliphatic heterocycles. The van der Waals surface area contributed by atoms with E-state index >= 15 is 0 Å². The van der Waals surface area contributed by atoms with Crippen molar-refractivity contribution in [1.29, 1.82) is 5.41 Å². The number of nitrogens with two attached hydrogens (primary N) is 1. The van der Waals surface area contributed by atoms with Gasteiger partial charge in [0, 0.05) is 32.2 Å². The molecule has 0 bridgehead atoms. The third-order valence-corrected chi connectivity index (χ3v) is 3.16. The first-order chi connectivity index (χ1) is 7.71. The molecule has 0 saturated carbocycles. The van der Waals surface area contributed by atoms with Gasteiger partial charge in [0.05, 0.1) is 0 Å². The summed E-state index contributed by atoms with van der Waals surface area (Å²) in [6.07, 6.45) is -4.44. The van der Waals surface area contributed by atoms with Gasteiger partial charge in [-0.05, 0) is 14.0 Å². The zero-order chi connectivity index (χ0) is 13.2. The number of piperazine rings is 1. The predicted octanol–water partition coefficient (Wildman–Crippen LogP) is 0.737. The summed E-state index contributed by atoms with van der Waals surface area (Å²) in [6.45, 7) is 3.74. The molecule has 7 heteroatoms. The Morgan fingerprint density at radius 3 is 2.47 bits per heavy atom. The summed E-state index contributed by atoms with van der Waals surface area (Å²) >= 11 is 0. The van der Waals surface area contributed by atoms with Crippen LogP contribution in [-0.4, -0.2) is 61.1 Å². The van der Waals surface area contributed by atoms with Crippen molar-refractivity contribution in [1.82, 2.24) is 9.80 Å². The molecule has 0 radical (unpaired) electrons. The molecule has 0 aromatic carbocycles. The minimum Gasteiger partial charge on any atom is -0.387 e. The first-order valence-corrected chi connectivity index (χ1v) is 5.55. The largest absolute Gasteiger partial charge is 0.399 e. The summed E-state index contributed by atoms with van der Waals surface area (Å²) < 4.78 is 38.0. The summed E-state index contributed by atoms with van der Waals surface area (Å²) in [5.74, 6) is -2.66. The number of rotatable bonds is 3. The van der Waals surface area contributed by atoms with Crippen LogP contribution in [-0.2, 0) is 0 Å². The lowest BCUT2D eigenvalue weighted by molar-refractivity contribution is -0.162. The number of hydrogen-bond donors (Lipinski definition) is 2. The third kappa shape index (κ3) is 3.85. The Kier molecular flexibility index (Phi) is 4.37. The van der Waals surface area contributed by atoms with Gasteiger partial charge in [0.15, 0.2) is 0 Å². The molecule has 1 saturated heterocycles. The third-order valence-electron chi connectivity index (χ3n) is 3.16. The molecule has 1 aliphatic rings. The monoisotopic (exact) mass is 252 g/mol. The molecule has 0 aliphatic carbocycles. The number of hydrogen-bond acceptors (Lipinski definition) is 3. The Labute approximate surface area is 99.1 Å². The van der Waals surface area contributed by atoms with Gasteiger partial charge in [-0.3, -0.25) is 10.3 Å². The smallest absolute Gasteiger partial charge is 0.387 e. The topological polar surface area (TPSA) is 56.4 Å². The van der Waals surface area contributed by atoms with E-state index in [2.05, 4.69) is 4.90 Å². The average Bonchev–Trinajstić information content (AvgIpc) is 2.13. The Balaban J connectivity index is 2.65. The summed E-state index contributed by atoms with van der Waals surface area (Å²) in [5, 5.41) is 7.05. The minimum absolute atomic E-state index is 0.0537. The maximum absolute atomic E-state index is 12.7. The van der Waals surface area contributed by atoms with Crippen LogP contribution in [0, 0.1) is 11.3 Å². The molecular weight excluding hydrogens is 233 g/mol. The number of likely N-dealkylation sites (N-methyl/N-ethyl adjacent to an activating group) is 1. The lowest BCUT2D eigenvalue weighted by Gasteiger charge is -2.39. The number of nitrogens with one attached hydrogen (secondary N) is 1. The predicted molar refractivity (Wildman–Crippen MR) is 60.0 cm³/mol. The highest BCUT2D eigenvalue weighted by atomic mass is 19.4. The fourth-order valence-electron chi connectivity index (χ4n) is 2.06. The van der Waals surface area contributed by atoms with E-state index in [1.807, 2.05) is 14.0 Å². The van der Waals surface area contributed by atoms with E-state index in [0.29, 0.717) is 6.54 Å². The zero-order valence-corrected chi connectivity index (χ0v) is 10.1. The maximum atomic E-state index is 12.7. The zero-order valence-electron chi connectivity index (χ0n) is 10.1. The molecule has 17 heavy (non-hydrogen) atoms. The van der Waals surface area contributed by atoms with Crippen molar-refractivity contribution in [3.8, 4) is 0 Å². The number of alkyl halides is 3. The van der Waals surface area contributed by atoms with Gasteiger partial charge >= 0.3 is 6.18 Å².